The van der Waals surface area contributed by atoms with Crippen molar-refractivity contribution in [3.05, 3.63) is 0 Å². The summed E-state index contributed by atoms with van der Waals surface area (Å²) in [6, 6.07) is -1.03. The molecule has 19 heavy (non-hydrogen) atoms. The van der Waals surface area contributed by atoms with Gasteiger partial charge in [0.2, 0.25) is 0 Å². The molecule has 0 aliphatic rings. The highest BCUT2D eigenvalue weighted by Crippen LogP contribution is 2.37. The molecule has 0 aliphatic heterocycles. The van der Waals surface area contributed by atoms with Gasteiger partial charge in [-0.15, -0.1) is 0 Å². The lowest BCUT2D eigenvalue weighted by atomic mass is 10.1. The highest BCUT2D eigenvalue weighted by molar-refractivity contribution is 9.09. The standard InChI is InChI=1S/C10H13BrF5NO2/c1-3-17(6(2)4-7(18)5-11)8(19)9(12,13)10(14,15)16/h6H,3-5H2,1-2H3. The van der Waals surface area contributed by atoms with Gasteiger partial charge in [-0.1, -0.05) is 15.9 Å². The zero-order valence-electron chi connectivity index (χ0n) is 10.2. The molecular formula is C10H13BrF5NO2. The van der Waals surface area contributed by atoms with E-state index in [1.807, 2.05) is 0 Å². The van der Waals surface area contributed by atoms with Crippen molar-refractivity contribution >= 4 is 27.6 Å². The Hall–Kier alpha value is -0.730. The predicted octanol–water partition coefficient (Wildman–Crippen LogP) is 2.78. The summed E-state index contributed by atoms with van der Waals surface area (Å²) >= 11 is 2.84. The van der Waals surface area contributed by atoms with Gasteiger partial charge in [-0.25, -0.2) is 0 Å². The van der Waals surface area contributed by atoms with Gasteiger partial charge >= 0.3 is 18.0 Å². The van der Waals surface area contributed by atoms with Crippen LogP contribution in [0.3, 0.4) is 0 Å². The molecule has 0 spiro atoms. The van der Waals surface area contributed by atoms with E-state index < -0.39 is 29.8 Å². The normalized spacial score (nSPS) is 14.1. The summed E-state index contributed by atoms with van der Waals surface area (Å²) in [7, 11) is 0. The number of alkyl halides is 6. The third kappa shape index (κ3) is 4.39. The van der Waals surface area contributed by atoms with E-state index in [0.717, 1.165) is 0 Å². The first kappa shape index (κ1) is 18.3. The smallest absolute Gasteiger partial charge is 0.334 e. The molecule has 1 atom stereocenters. The van der Waals surface area contributed by atoms with Gasteiger partial charge in [0.25, 0.3) is 0 Å². The van der Waals surface area contributed by atoms with E-state index in [4.69, 9.17) is 0 Å². The van der Waals surface area contributed by atoms with Crippen LogP contribution in [0.2, 0.25) is 0 Å². The van der Waals surface area contributed by atoms with E-state index in [2.05, 4.69) is 15.9 Å². The van der Waals surface area contributed by atoms with E-state index in [1.165, 1.54) is 13.8 Å². The zero-order valence-corrected chi connectivity index (χ0v) is 11.8. The van der Waals surface area contributed by atoms with Crippen LogP contribution in [0.1, 0.15) is 20.3 Å². The van der Waals surface area contributed by atoms with Gasteiger partial charge in [0, 0.05) is 19.0 Å². The molecule has 112 valence electrons. The highest BCUT2D eigenvalue weighted by Gasteiger charge is 2.64. The lowest BCUT2D eigenvalue weighted by Gasteiger charge is -2.31. The summed E-state index contributed by atoms with van der Waals surface area (Å²) in [6.07, 6.45) is -6.24. The van der Waals surface area contributed by atoms with Crippen molar-refractivity contribution in [2.75, 3.05) is 11.9 Å². The molecular weight excluding hydrogens is 341 g/mol. The fourth-order valence-electron chi connectivity index (χ4n) is 1.45. The number of carbonyl (C=O) groups is 2. The van der Waals surface area contributed by atoms with Crippen LogP contribution in [-0.4, -0.2) is 46.6 Å². The molecule has 0 fully saturated rings. The minimum Gasteiger partial charge on any atom is -0.334 e. The van der Waals surface area contributed by atoms with E-state index in [0.29, 0.717) is 4.90 Å². The van der Waals surface area contributed by atoms with Crippen LogP contribution < -0.4 is 0 Å². The Balaban J connectivity index is 5.06. The van der Waals surface area contributed by atoms with E-state index in [-0.39, 0.29) is 18.3 Å². The number of carbonyl (C=O) groups excluding carboxylic acids is 2. The monoisotopic (exact) mass is 353 g/mol. The second-order valence-corrected chi connectivity index (χ2v) is 4.45. The van der Waals surface area contributed by atoms with Crippen molar-refractivity contribution in [2.24, 2.45) is 0 Å². The van der Waals surface area contributed by atoms with Gasteiger partial charge in [-0.2, -0.15) is 22.0 Å². The summed E-state index contributed by atoms with van der Waals surface area (Å²) in [5.74, 6) is -8.18. The third-order valence-electron chi connectivity index (χ3n) is 2.43. The van der Waals surface area contributed by atoms with Crippen LogP contribution in [0.25, 0.3) is 0 Å². The SMILES string of the molecule is CCN(C(=O)C(F)(F)C(F)(F)F)C(C)CC(=O)CBr. The number of Topliss-reactive ketones (excluding diaryl/α,β-unsaturated/α-hetero) is 1. The first-order valence-corrected chi connectivity index (χ1v) is 6.44. The summed E-state index contributed by atoms with van der Waals surface area (Å²) in [4.78, 5) is 22.8. The van der Waals surface area contributed by atoms with Crippen molar-refractivity contribution in [1.82, 2.24) is 4.90 Å². The average molecular weight is 354 g/mol. The maximum atomic E-state index is 12.9. The fraction of sp³-hybridized carbons (Fsp3) is 0.800. The highest BCUT2D eigenvalue weighted by atomic mass is 79.9. The van der Waals surface area contributed by atoms with Gasteiger partial charge in [0.1, 0.15) is 5.78 Å². The largest absolute Gasteiger partial charge is 0.463 e. The first-order valence-electron chi connectivity index (χ1n) is 5.32. The zero-order chi connectivity index (χ0) is 15.4. The van der Waals surface area contributed by atoms with Gasteiger partial charge in [0.15, 0.2) is 0 Å². The maximum absolute atomic E-state index is 12.9. The van der Waals surface area contributed by atoms with Crippen molar-refractivity contribution in [3.63, 3.8) is 0 Å². The summed E-state index contributed by atoms with van der Waals surface area (Å²) < 4.78 is 62.2. The molecule has 0 aliphatic carbocycles. The van der Waals surface area contributed by atoms with E-state index >= 15 is 0 Å². The van der Waals surface area contributed by atoms with Gasteiger partial charge in [-0.05, 0) is 13.8 Å². The van der Waals surface area contributed by atoms with Crippen LogP contribution in [-0.2, 0) is 9.59 Å². The summed E-state index contributed by atoms with van der Waals surface area (Å²) in [6.45, 7) is 2.16. The minimum atomic E-state index is -5.95. The van der Waals surface area contributed by atoms with E-state index in [9.17, 15) is 31.5 Å². The molecule has 0 N–H and O–H groups in total. The molecule has 9 heteroatoms. The average Bonchev–Trinajstić information content (AvgIpc) is 2.27. The molecule has 0 rings (SSSR count). The van der Waals surface area contributed by atoms with Crippen LogP contribution >= 0.6 is 15.9 Å². The molecule has 0 bridgehead atoms. The Morgan fingerprint density at radius 3 is 2.00 bits per heavy atom. The molecule has 0 aromatic rings. The number of rotatable bonds is 6. The second kappa shape index (κ2) is 6.62. The maximum Gasteiger partial charge on any atom is 0.463 e. The molecule has 0 heterocycles. The van der Waals surface area contributed by atoms with Crippen LogP contribution in [0.5, 0.6) is 0 Å². The quantitative estimate of drug-likeness (QED) is 0.544. The molecule has 0 aromatic carbocycles. The van der Waals surface area contributed by atoms with Gasteiger partial charge in [-0.3, -0.25) is 9.59 Å². The molecule has 0 aromatic heterocycles. The molecule has 1 unspecified atom stereocenters. The molecule has 0 saturated heterocycles. The van der Waals surface area contributed by atoms with Gasteiger partial charge in [0.05, 0.1) is 5.33 Å². The summed E-state index contributed by atoms with van der Waals surface area (Å²) in [5, 5.41) is -0.0568. The van der Waals surface area contributed by atoms with Crippen molar-refractivity contribution in [1.29, 1.82) is 0 Å². The minimum absolute atomic E-state index is 0.0568. The Kier molecular flexibility index (Phi) is 6.37. The Morgan fingerprint density at radius 2 is 1.68 bits per heavy atom. The van der Waals surface area contributed by atoms with Gasteiger partial charge < -0.3 is 4.90 Å². The van der Waals surface area contributed by atoms with Crippen molar-refractivity contribution < 1.29 is 31.5 Å². The van der Waals surface area contributed by atoms with Crippen LogP contribution in [0.4, 0.5) is 22.0 Å². The number of amides is 1. The molecule has 0 radical (unpaired) electrons. The molecule has 1 amide bonds. The Morgan fingerprint density at radius 1 is 1.21 bits per heavy atom. The number of ketones is 1. The number of nitrogens with zero attached hydrogens (tertiary/aromatic N) is 1. The second-order valence-electron chi connectivity index (χ2n) is 3.89. The Bertz CT molecular complexity index is 345. The van der Waals surface area contributed by atoms with E-state index in [1.54, 1.807) is 0 Å². The first-order chi connectivity index (χ1) is 8.48. The Labute approximate surface area is 115 Å². The lowest BCUT2D eigenvalue weighted by molar-refractivity contribution is -0.275. The topological polar surface area (TPSA) is 37.4 Å². The fourth-order valence-corrected chi connectivity index (χ4v) is 1.68. The molecule has 3 nitrogen and oxygen atoms in total. The number of hydrogen-bond donors (Lipinski definition) is 0. The van der Waals surface area contributed by atoms with Crippen LogP contribution in [0, 0.1) is 0 Å². The molecule has 0 saturated carbocycles. The lowest BCUT2D eigenvalue weighted by Crippen LogP contribution is -2.54. The number of halogens is 6. The number of hydrogen-bond acceptors (Lipinski definition) is 2. The van der Waals surface area contributed by atoms with Crippen molar-refractivity contribution in [3.8, 4) is 0 Å². The van der Waals surface area contributed by atoms with Crippen LogP contribution in [0.15, 0.2) is 0 Å². The predicted molar refractivity (Wildman–Crippen MR) is 61.3 cm³/mol. The van der Waals surface area contributed by atoms with Crippen molar-refractivity contribution in [2.45, 2.75) is 38.4 Å². The summed E-state index contributed by atoms with van der Waals surface area (Å²) in [5.41, 5.74) is 0. The third-order valence-corrected chi connectivity index (χ3v) is 3.06.